The summed E-state index contributed by atoms with van der Waals surface area (Å²) >= 11 is 0. The molecule has 0 aromatic heterocycles. The highest BCUT2D eigenvalue weighted by atomic mass is 79.9. The van der Waals surface area contributed by atoms with Gasteiger partial charge in [0.15, 0.2) is 5.78 Å². The molecule has 1 aliphatic heterocycles. The van der Waals surface area contributed by atoms with E-state index in [0.29, 0.717) is 12.1 Å². The molecule has 0 radical (unpaired) electrons. The van der Waals surface area contributed by atoms with Gasteiger partial charge in [-0.15, -0.1) is 17.0 Å². The third-order valence-corrected chi connectivity index (χ3v) is 3.78. The average Bonchev–Trinajstić information content (AvgIpc) is 2.47. The maximum absolute atomic E-state index is 12.2. The number of ketones is 1. The van der Waals surface area contributed by atoms with Crippen LogP contribution in [-0.2, 0) is 13.0 Å². The highest BCUT2D eigenvalue weighted by molar-refractivity contribution is 8.93. The van der Waals surface area contributed by atoms with Crippen molar-refractivity contribution in [2.45, 2.75) is 13.0 Å². The van der Waals surface area contributed by atoms with Gasteiger partial charge in [-0.25, -0.2) is 0 Å². The first kappa shape index (κ1) is 15.7. The zero-order valence-corrected chi connectivity index (χ0v) is 13.4. The van der Waals surface area contributed by atoms with Gasteiger partial charge in [0, 0.05) is 13.1 Å². The zero-order chi connectivity index (χ0) is 13.9. The number of fused-ring (bicyclic) bond motifs is 1. The fraction of sp³-hybridized carbons (Fsp3) is 0.235. The van der Waals surface area contributed by atoms with Gasteiger partial charge in [-0.2, -0.15) is 0 Å². The van der Waals surface area contributed by atoms with Crippen molar-refractivity contribution in [2.75, 3.05) is 13.1 Å². The molecule has 0 fully saturated rings. The number of aromatic hydroxyl groups is 1. The first-order chi connectivity index (χ1) is 9.74. The van der Waals surface area contributed by atoms with Gasteiger partial charge in [0.1, 0.15) is 5.75 Å². The number of benzene rings is 2. The molecule has 2 aromatic carbocycles. The molecule has 0 aliphatic carbocycles. The van der Waals surface area contributed by atoms with Gasteiger partial charge < -0.3 is 5.11 Å². The second-order valence-corrected chi connectivity index (χ2v) is 5.17. The standard InChI is InChI=1S/C17H17NO2.BrH/c19-16-8-4-3-7-15(16)17(20)12-18-10-9-13-5-1-2-6-14(13)11-18;/h1-8,19H,9-12H2;1H. The Balaban J connectivity index is 0.00000161. The summed E-state index contributed by atoms with van der Waals surface area (Å²) < 4.78 is 0. The average molecular weight is 348 g/mol. The van der Waals surface area contributed by atoms with Gasteiger partial charge >= 0.3 is 0 Å². The fourth-order valence-corrected chi connectivity index (χ4v) is 2.69. The minimum Gasteiger partial charge on any atom is -0.507 e. The zero-order valence-electron chi connectivity index (χ0n) is 11.7. The minimum atomic E-state index is -0.0255. The van der Waals surface area contributed by atoms with E-state index in [1.807, 2.05) is 6.07 Å². The van der Waals surface area contributed by atoms with E-state index >= 15 is 0 Å². The molecular formula is C17H18BrNO2. The van der Waals surface area contributed by atoms with Crippen LogP contribution in [0.15, 0.2) is 48.5 Å². The molecule has 110 valence electrons. The van der Waals surface area contributed by atoms with Crippen LogP contribution in [0, 0.1) is 0 Å². The van der Waals surface area contributed by atoms with Crippen LogP contribution in [0.5, 0.6) is 5.75 Å². The van der Waals surface area contributed by atoms with Crippen LogP contribution in [0.3, 0.4) is 0 Å². The number of Topliss-reactive ketones (excluding diaryl/α,β-unsaturated/α-hetero) is 1. The predicted octanol–water partition coefficient (Wildman–Crippen LogP) is 3.21. The minimum absolute atomic E-state index is 0. The maximum Gasteiger partial charge on any atom is 0.180 e. The highest BCUT2D eigenvalue weighted by Gasteiger charge is 2.19. The van der Waals surface area contributed by atoms with Crippen molar-refractivity contribution in [1.29, 1.82) is 0 Å². The van der Waals surface area contributed by atoms with Crippen molar-refractivity contribution < 1.29 is 9.90 Å². The third-order valence-electron chi connectivity index (χ3n) is 3.78. The Bertz CT molecular complexity index is 642. The molecule has 21 heavy (non-hydrogen) atoms. The molecular weight excluding hydrogens is 330 g/mol. The Morgan fingerprint density at radius 2 is 1.71 bits per heavy atom. The fourth-order valence-electron chi connectivity index (χ4n) is 2.69. The number of carbonyl (C=O) groups excluding carboxylic acids is 1. The lowest BCUT2D eigenvalue weighted by molar-refractivity contribution is 0.0919. The summed E-state index contributed by atoms with van der Waals surface area (Å²) in [5.41, 5.74) is 3.08. The highest BCUT2D eigenvalue weighted by Crippen LogP contribution is 2.20. The van der Waals surface area contributed by atoms with Gasteiger partial charge in [-0.1, -0.05) is 36.4 Å². The Morgan fingerprint density at radius 3 is 2.48 bits per heavy atom. The molecule has 0 atom stereocenters. The molecule has 0 spiro atoms. The number of hydrogen-bond donors (Lipinski definition) is 1. The summed E-state index contributed by atoms with van der Waals surface area (Å²) in [6.45, 7) is 2.04. The summed E-state index contributed by atoms with van der Waals surface area (Å²) in [5, 5.41) is 9.73. The molecule has 0 amide bonds. The maximum atomic E-state index is 12.2. The van der Waals surface area contributed by atoms with Crippen LogP contribution in [0.25, 0.3) is 0 Å². The van der Waals surface area contributed by atoms with E-state index in [-0.39, 0.29) is 28.5 Å². The number of rotatable bonds is 3. The Kier molecular flexibility index (Phi) is 5.15. The molecule has 0 saturated carbocycles. The van der Waals surface area contributed by atoms with Crippen molar-refractivity contribution in [3.8, 4) is 5.75 Å². The number of nitrogens with zero attached hydrogens (tertiary/aromatic N) is 1. The van der Waals surface area contributed by atoms with Crippen LogP contribution < -0.4 is 0 Å². The smallest absolute Gasteiger partial charge is 0.180 e. The predicted molar refractivity (Wildman–Crippen MR) is 88.2 cm³/mol. The normalized spacial score (nSPS) is 14.1. The second kappa shape index (κ2) is 6.87. The van der Waals surface area contributed by atoms with Crippen LogP contribution in [0.4, 0.5) is 0 Å². The van der Waals surface area contributed by atoms with Crippen molar-refractivity contribution in [3.05, 3.63) is 65.2 Å². The molecule has 1 N–H and O–H groups in total. The van der Waals surface area contributed by atoms with Crippen molar-refractivity contribution in [2.24, 2.45) is 0 Å². The summed E-state index contributed by atoms with van der Waals surface area (Å²) in [7, 11) is 0. The molecule has 2 aromatic rings. The summed E-state index contributed by atoms with van der Waals surface area (Å²) in [4.78, 5) is 14.4. The Labute approximate surface area is 135 Å². The van der Waals surface area contributed by atoms with Gasteiger partial charge in [0.05, 0.1) is 12.1 Å². The first-order valence-corrected chi connectivity index (χ1v) is 6.84. The molecule has 4 heteroatoms. The van der Waals surface area contributed by atoms with Gasteiger partial charge in [0.25, 0.3) is 0 Å². The molecule has 0 unspecified atom stereocenters. The number of para-hydroxylation sites is 1. The van der Waals surface area contributed by atoms with Gasteiger partial charge in [-0.05, 0) is 29.7 Å². The van der Waals surface area contributed by atoms with E-state index < -0.39 is 0 Å². The van der Waals surface area contributed by atoms with Crippen LogP contribution in [0.1, 0.15) is 21.5 Å². The van der Waals surface area contributed by atoms with Crippen molar-refractivity contribution in [3.63, 3.8) is 0 Å². The van der Waals surface area contributed by atoms with E-state index in [2.05, 4.69) is 23.1 Å². The lowest BCUT2D eigenvalue weighted by Crippen LogP contribution is -2.34. The Hall–Kier alpha value is -1.65. The lowest BCUT2D eigenvalue weighted by atomic mass is 9.99. The molecule has 1 heterocycles. The third kappa shape index (κ3) is 3.52. The molecule has 0 saturated heterocycles. The number of phenolic OH excluding ortho intramolecular Hbond substituents is 1. The topological polar surface area (TPSA) is 40.5 Å². The SMILES string of the molecule is Br.O=C(CN1CCc2ccccc2C1)c1ccccc1O. The van der Waals surface area contributed by atoms with Crippen LogP contribution in [0.2, 0.25) is 0 Å². The van der Waals surface area contributed by atoms with E-state index in [4.69, 9.17) is 0 Å². The first-order valence-electron chi connectivity index (χ1n) is 6.84. The molecule has 3 rings (SSSR count). The van der Waals surface area contributed by atoms with Crippen molar-refractivity contribution >= 4 is 22.8 Å². The van der Waals surface area contributed by atoms with Gasteiger partial charge in [-0.3, -0.25) is 9.69 Å². The van der Waals surface area contributed by atoms with Crippen LogP contribution >= 0.6 is 17.0 Å². The number of halogens is 1. The summed E-state index contributed by atoms with van der Waals surface area (Å²) in [5.74, 6) is 0.0393. The monoisotopic (exact) mass is 347 g/mol. The lowest BCUT2D eigenvalue weighted by Gasteiger charge is -2.28. The van der Waals surface area contributed by atoms with Crippen molar-refractivity contribution in [1.82, 2.24) is 4.90 Å². The number of phenols is 1. The second-order valence-electron chi connectivity index (χ2n) is 5.17. The van der Waals surface area contributed by atoms with E-state index in [0.717, 1.165) is 19.5 Å². The van der Waals surface area contributed by atoms with Crippen LogP contribution in [-0.4, -0.2) is 28.9 Å². The van der Waals surface area contributed by atoms with E-state index in [9.17, 15) is 9.90 Å². The van der Waals surface area contributed by atoms with E-state index in [1.54, 1.807) is 24.3 Å². The number of hydrogen-bond acceptors (Lipinski definition) is 3. The number of carbonyl (C=O) groups is 1. The van der Waals surface area contributed by atoms with Gasteiger partial charge in [0.2, 0.25) is 0 Å². The Morgan fingerprint density at radius 1 is 1.05 bits per heavy atom. The largest absolute Gasteiger partial charge is 0.507 e. The molecule has 0 bridgehead atoms. The summed E-state index contributed by atoms with van der Waals surface area (Å²) in [6, 6.07) is 15.1. The molecule has 3 nitrogen and oxygen atoms in total. The quantitative estimate of drug-likeness (QED) is 0.866. The summed E-state index contributed by atoms with van der Waals surface area (Å²) in [6.07, 6.45) is 0.976. The van der Waals surface area contributed by atoms with E-state index in [1.165, 1.54) is 11.1 Å². The molecule has 1 aliphatic rings.